The average Bonchev–Trinajstić information content (AvgIpc) is 2.24. The molecule has 0 heterocycles. The third-order valence-corrected chi connectivity index (χ3v) is 3.52. The van der Waals surface area contributed by atoms with E-state index in [1.54, 1.807) is 0 Å². The number of aliphatic carboxylic acids is 1. The Morgan fingerprint density at radius 1 is 1.50 bits per heavy atom. The topological polar surface area (TPSA) is 49.3 Å². The van der Waals surface area contributed by atoms with Crippen LogP contribution in [0.5, 0.6) is 0 Å². The smallest absolute Gasteiger partial charge is 0.320 e. The molecule has 0 bridgehead atoms. The predicted molar refractivity (Wildman–Crippen MR) is 65.5 cm³/mol. The van der Waals surface area contributed by atoms with Crippen molar-refractivity contribution >= 4 is 5.97 Å². The molecular weight excluding hydrogens is 202 g/mol. The van der Waals surface area contributed by atoms with Crippen molar-refractivity contribution in [3.63, 3.8) is 0 Å². The first-order valence-electron chi connectivity index (χ1n) is 6.62. The van der Waals surface area contributed by atoms with Crippen molar-refractivity contribution in [1.29, 1.82) is 0 Å². The zero-order chi connectivity index (χ0) is 12.0. The van der Waals surface area contributed by atoms with Gasteiger partial charge in [0.15, 0.2) is 0 Å². The van der Waals surface area contributed by atoms with Gasteiger partial charge in [-0.3, -0.25) is 4.79 Å². The van der Waals surface area contributed by atoms with Gasteiger partial charge in [0.25, 0.3) is 0 Å². The summed E-state index contributed by atoms with van der Waals surface area (Å²) < 4.78 is 0. The lowest BCUT2D eigenvalue weighted by molar-refractivity contribution is -0.140. The normalized spacial score (nSPS) is 27.6. The molecule has 1 aliphatic rings. The van der Waals surface area contributed by atoms with Crippen LogP contribution in [0.15, 0.2) is 0 Å². The van der Waals surface area contributed by atoms with E-state index < -0.39 is 5.97 Å². The SMILES string of the molecule is CCCC[C@H](NC1CCCC(C)C1)C(=O)O. The molecule has 3 atom stereocenters. The van der Waals surface area contributed by atoms with E-state index in [0.717, 1.165) is 38.0 Å². The van der Waals surface area contributed by atoms with Gasteiger partial charge in [0, 0.05) is 6.04 Å². The zero-order valence-corrected chi connectivity index (χ0v) is 10.5. The second-order valence-corrected chi connectivity index (χ2v) is 5.17. The minimum atomic E-state index is -0.688. The lowest BCUT2D eigenvalue weighted by Crippen LogP contribution is -2.45. The maximum absolute atomic E-state index is 11.1. The van der Waals surface area contributed by atoms with Crippen LogP contribution in [0.2, 0.25) is 0 Å². The Balaban J connectivity index is 2.37. The summed E-state index contributed by atoms with van der Waals surface area (Å²) in [4.78, 5) is 11.1. The number of unbranched alkanes of at least 4 members (excludes halogenated alkanes) is 1. The van der Waals surface area contributed by atoms with Gasteiger partial charge in [-0.25, -0.2) is 0 Å². The Labute approximate surface area is 98.6 Å². The monoisotopic (exact) mass is 227 g/mol. The van der Waals surface area contributed by atoms with Gasteiger partial charge < -0.3 is 10.4 Å². The van der Waals surface area contributed by atoms with Crippen molar-refractivity contribution in [2.45, 2.75) is 70.9 Å². The maximum atomic E-state index is 11.1. The number of hydrogen-bond donors (Lipinski definition) is 2. The third kappa shape index (κ3) is 4.52. The van der Waals surface area contributed by atoms with Crippen molar-refractivity contribution in [2.75, 3.05) is 0 Å². The molecule has 2 N–H and O–H groups in total. The summed E-state index contributed by atoms with van der Waals surface area (Å²) in [6.45, 7) is 4.36. The van der Waals surface area contributed by atoms with Crippen LogP contribution < -0.4 is 5.32 Å². The van der Waals surface area contributed by atoms with Crippen LogP contribution in [0.3, 0.4) is 0 Å². The summed E-state index contributed by atoms with van der Waals surface area (Å²) in [6.07, 6.45) is 7.62. The van der Waals surface area contributed by atoms with E-state index in [0.29, 0.717) is 6.04 Å². The van der Waals surface area contributed by atoms with Crippen LogP contribution in [0.1, 0.15) is 58.8 Å². The molecule has 2 unspecified atom stereocenters. The van der Waals surface area contributed by atoms with Crippen LogP contribution in [-0.4, -0.2) is 23.2 Å². The van der Waals surface area contributed by atoms with Crippen molar-refractivity contribution < 1.29 is 9.90 Å². The first-order chi connectivity index (χ1) is 7.63. The fraction of sp³-hybridized carbons (Fsp3) is 0.923. The lowest BCUT2D eigenvalue weighted by atomic mass is 9.86. The number of carbonyl (C=O) groups is 1. The number of carboxylic acids is 1. The van der Waals surface area contributed by atoms with Gasteiger partial charge >= 0.3 is 5.97 Å². The van der Waals surface area contributed by atoms with Gasteiger partial charge in [-0.05, 0) is 25.2 Å². The molecule has 1 rings (SSSR count). The average molecular weight is 227 g/mol. The molecule has 0 saturated heterocycles. The zero-order valence-electron chi connectivity index (χ0n) is 10.5. The second-order valence-electron chi connectivity index (χ2n) is 5.17. The molecule has 0 aromatic carbocycles. The highest BCUT2D eigenvalue weighted by Crippen LogP contribution is 2.24. The molecule has 1 aliphatic carbocycles. The van der Waals surface area contributed by atoms with E-state index in [2.05, 4.69) is 19.2 Å². The molecule has 1 fully saturated rings. The second kappa shape index (κ2) is 6.89. The van der Waals surface area contributed by atoms with Gasteiger partial charge in [0.1, 0.15) is 6.04 Å². The Bertz CT molecular complexity index is 218. The standard InChI is InChI=1S/C13H25NO2/c1-3-4-8-12(13(15)16)14-11-7-5-6-10(2)9-11/h10-12,14H,3-9H2,1-2H3,(H,15,16)/t10?,11?,12-/m0/s1. The molecule has 16 heavy (non-hydrogen) atoms. The lowest BCUT2D eigenvalue weighted by Gasteiger charge is -2.30. The minimum Gasteiger partial charge on any atom is -0.480 e. The molecule has 0 aromatic rings. The number of nitrogens with one attached hydrogen (secondary N) is 1. The summed E-state index contributed by atoms with van der Waals surface area (Å²) in [7, 11) is 0. The van der Waals surface area contributed by atoms with Crippen molar-refractivity contribution in [2.24, 2.45) is 5.92 Å². The summed E-state index contributed by atoms with van der Waals surface area (Å²) in [5.41, 5.74) is 0. The van der Waals surface area contributed by atoms with Crippen molar-refractivity contribution in [3.8, 4) is 0 Å². The molecular formula is C13H25NO2. The van der Waals surface area contributed by atoms with Crippen molar-refractivity contribution in [3.05, 3.63) is 0 Å². The van der Waals surface area contributed by atoms with Gasteiger partial charge in [-0.1, -0.05) is 39.5 Å². The molecule has 0 aromatic heterocycles. The molecule has 94 valence electrons. The number of carboxylic acid groups (broad SMARTS) is 1. The highest BCUT2D eigenvalue weighted by atomic mass is 16.4. The van der Waals surface area contributed by atoms with Gasteiger partial charge in [0.05, 0.1) is 0 Å². The number of hydrogen-bond acceptors (Lipinski definition) is 2. The van der Waals surface area contributed by atoms with Gasteiger partial charge in [-0.15, -0.1) is 0 Å². The van der Waals surface area contributed by atoms with Crippen LogP contribution >= 0.6 is 0 Å². The third-order valence-electron chi connectivity index (χ3n) is 3.52. The Kier molecular flexibility index (Phi) is 5.81. The Morgan fingerprint density at radius 3 is 2.81 bits per heavy atom. The maximum Gasteiger partial charge on any atom is 0.320 e. The van der Waals surface area contributed by atoms with Crippen LogP contribution in [-0.2, 0) is 4.79 Å². The summed E-state index contributed by atoms with van der Waals surface area (Å²) in [5.74, 6) is 0.0542. The summed E-state index contributed by atoms with van der Waals surface area (Å²) in [6, 6.07) is 0.0805. The molecule has 3 heteroatoms. The molecule has 0 spiro atoms. The largest absolute Gasteiger partial charge is 0.480 e. The molecule has 3 nitrogen and oxygen atoms in total. The molecule has 1 saturated carbocycles. The quantitative estimate of drug-likeness (QED) is 0.733. The van der Waals surface area contributed by atoms with Crippen molar-refractivity contribution in [1.82, 2.24) is 5.32 Å². The first kappa shape index (κ1) is 13.5. The molecule has 0 aliphatic heterocycles. The highest BCUT2D eigenvalue weighted by Gasteiger charge is 2.24. The fourth-order valence-electron chi connectivity index (χ4n) is 2.56. The van der Waals surface area contributed by atoms with E-state index in [-0.39, 0.29) is 6.04 Å². The van der Waals surface area contributed by atoms with E-state index >= 15 is 0 Å². The number of rotatable bonds is 6. The van der Waals surface area contributed by atoms with Gasteiger partial charge in [-0.2, -0.15) is 0 Å². The predicted octanol–water partition coefficient (Wildman–Crippen LogP) is 2.80. The summed E-state index contributed by atoms with van der Waals surface area (Å²) in [5, 5.41) is 12.5. The van der Waals surface area contributed by atoms with E-state index in [1.807, 2.05) is 0 Å². The van der Waals surface area contributed by atoms with E-state index in [4.69, 9.17) is 5.11 Å². The Morgan fingerprint density at radius 2 is 2.25 bits per heavy atom. The Hall–Kier alpha value is -0.570. The molecule has 0 amide bonds. The fourth-order valence-corrected chi connectivity index (χ4v) is 2.56. The highest BCUT2D eigenvalue weighted by molar-refractivity contribution is 5.73. The van der Waals surface area contributed by atoms with E-state index in [1.165, 1.54) is 12.8 Å². The van der Waals surface area contributed by atoms with Gasteiger partial charge in [0.2, 0.25) is 0 Å². The van der Waals surface area contributed by atoms with E-state index in [9.17, 15) is 4.79 Å². The molecule has 0 radical (unpaired) electrons. The first-order valence-corrected chi connectivity index (χ1v) is 6.62. The van der Waals surface area contributed by atoms with Crippen LogP contribution in [0, 0.1) is 5.92 Å². The minimum absolute atomic E-state index is 0.338. The van der Waals surface area contributed by atoms with Crippen LogP contribution in [0.4, 0.5) is 0 Å². The summed E-state index contributed by atoms with van der Waals surface area (Å²) >= 11 is 0. The van der Waals surface area contributed by atoms with Crippen LogP contribution in [0.25, 0.3) is 0 Å².